The van der Waals surface area contributed by atoms with Crippen molar-refractivity contribution in [1.82, 2.24) is 36.9 Å². The van der Waals surface area contributed by atoms with Crippen molar-refractivity contribution in [2.45, 2.75) is 126 Å². The van der Waals surface area contributed by atoms with Gasteiger partial charge in [-0.3, -0.25) is 48.3 Å². The third kappa shape index (κ3) is 21.1. The lowest BCUT2D eigenvalue weighted by Crippen LogP contribution is -2.61. The molecule has 24 N–H and O–H groups in total. The number of primary amides is 1. The van der Waals surface area contributed by atoms with Gasteiger partial charge >= 0.3 is 11.9 Å². The molecule has 1 aromatic heterocycles. The predicted molar refractivity (Wildman–Crippen MR) is 254 cm³/mol. The van der Waals surface area contributed by atoms with Crippen LogP contribution in [0.5, 0.6) is 0 Å². The predicted octanol–water partition coefficient (Wildman–Crippen LogP) is -5.61. The second kappa shape index (κ2) is 30.0. The minimum Gasteiger partial charge on any atom is -0.481 e. The third-order valence-corrected chi connectivity index (χ3v) is 10.6. The van der Waals surface area contributed by atoms with Crippen molar-refractivity contribution in [2.24, 2.45) is 50.1 Å². The molecule has 0 fully saturated rings. The van der Waals surface area contributed by atoms with E-state index in [1.165, 1.54) is 0 Å². The van der Waals surface area contributed by atoms with E-state index in [1.807, 2.05) is 24.3 Å². The van der Waals surface area contributed by atoms with E-state index in [4.69, 9.17) is 45.2 Å². The number of benzene rings is 1. The van der Waals surface area contributed by atoms with Crippen LogP contribution in [-0.4, -0.2) is 154 Å². The number of aromatic amines is 1. The first kappa shape index (κ1) is 58.5. The molecule has 0 saturated carbocycles. The van der Waals surface area contributed by atoms with Crippen molar-refractivity contribution in [3.63, 3.8) is 0 Å². The number of unbranched alkanes of at least 4 members (excludes halogenated alkanes) is 1. The summed E-state index contributed by atoms with van der Waals surface area (Å²) in [6.45, 7) is 1.33. The molecule has 0 aliphatic carbocycles. The molecule has 7 amide bonds. The summed E-state index contributed by atoms with van der Waals surface area (Å²) in [4.78, 5) is 128. The van der Waals surface area contributed by atoms with E-state index >= 15 is 0 Å². The van der Waals surface area contributed by atoms with Crippen LogP contribution in [0.1, 0.15) is 76.7 Å². The van der Waals surface area contributed by atoms with Gasteiger partial charge in [0.15, 0.2) is 11.9 Å². The summed E-state index contributed by atoms with van der Waals surface area (Å²) in [5.74, 6) is -10.5. The van der Waals surface area contributed by atoms with Crippen molar-refractivity contribution < 1.29 is 58.5 Å². The minimum atomic E-state index is -1.86. The molecule has 1 aromatic carbocycles. The van der Waals surface area contributed by atoms with Crippen LogP contribution in [0.25, 0.3) is 10.9 Å². The highest BCUT2D eigenvalue weighted by molar-refractivity contribution is 5.98. The van der Waals surface area contributed by atoms with Gasteiger partial charge in [0.25, 0.3) is 0 Å². The normalized spacial score (nSPS) is 14.4. The number of hydrogen-bond donors (Lipinski definition) is 17. The van der Waals surface area contributed by atoms with Crippen molar-refractivity contribution >= 4 is 76.1 Å². The number of para-hydroxylation sites is 1. The van der Waals surface area contributed by atoms with Crippen LogP contribution in [-0.2, 0) is 49.6 Å². The highest BCUT2D eigenvalue weighted by atomic mass is 16.4. The summed E-state index contributed by atoms with van der Waals surface area (Å²) in [7, 11) is 0. The summed E-state index contributed by atoms with van der Waals surface area (Å²) < 4.78 is 0. The first-order chi connectivity index (χ1) is 33.0. The second-order valence-corrected chi connectivity index (χ2v) is 16.3. The molecule has 1 heterocycles. The fraction of sp³-hybridized carbons (Fsp3) is 0.548. The molecule has 28 heteroatoms. The second-order valence-electron chi connectivity index (χ2n) is 16.3. The largest absolute Gasteiger partial charge is 0.481 e. The Morgan fingerprint density at radius 1 is 0.629 bits per heavy atom. The van der Waals surface area contributed by atoms with E-state index in [-0.39, 0.29) is 76.5 Å². The standard InChI is InChI=1S/C42H68N16O12/c1-21(59)33(39(68)56-28(12-7-17-51-42(48)49)36(65)54-26(10-4-5-15-43)37(66)57-30(40(69)70)19-32(61)62)58-38(67)29(13-14-31(45)60)55-35(64)27(11-6-16-50-41(46)47)53-34(63)24(44)18-22-20-52-25-9-3-2-8-23(22)25/h2-3,8-9,20-21,24,26-30,33,52,59H,4-7,10-19,43-44H2,1H3,(H2,45,60)(H,53,63)(H,54,65)(H,55,64)(H,56,68)(H,57,66)(H,58,67)(H,61,62)(H,69,70)(H4,46,47,50)(H4,48,49,51)/t21-,24+,26+,27+,28+,29+,30+,33+/m1/s1. The molecule has 2 aromatic rings. The van der Waals surface area contributed by atoms with Crippen LogP contribution < -0.4 is 72.0 Å². The monoisotopic (exact) mass is 989 g/mol. The quantitative estimate of drug-likeness (QED) is 0.0180. The molecule has 0 spiro atoms. The maximum absolute atomic E-state index is 14.0. The number of rotatable bonds is 33. The molecule has 28 nitrogen and oxygen atoms in total. The van der Waals surface area contributed by atoms with Gasteiger partial charge in [0, 0.05) is 36.6 Å². The average molecular weight is 989 g/mol. The molecule has 8 atom stereocenters. The number of aliphatic hydroxyl groups is 1. The SMILES string of the molecule is C[C@@H](O)[C@H](NC(=O)[C@H](CCC(N)=O)NC(=O)[C@H](CCCN=C(N)N)NC(=O)[C@@H](N)Cc1c[nH]c2ccccc12)C(=O)N[C@@H](CCCN=C(N)N)C(=O)N[C@@H](CCCCN)C(=O)N[C@@H](CC(=O)O)C(=O)O. The number of aliphatic carboxylic acids is 2. The van der Waals surface area contributed by atoms with Crippen molar-refractivity contribution in [2.75, 3.05) is 19.6 Å². The number of H-pyrrole nitrogens is 1. The number of nitrogens with zero attached hydrogens (tertiary/aromatic N) is 2. The van der Waals surface area contributed by atoms with E-state index < -0.39 is 121 Å². The minimum absolute atomic E-state index is 0.0402. The van der Waals surface area contributed by atoms with Crippen molar-refractivity contribution in [1.29, 1.82) is 0 Å². The summed E-state index contributed by atoms with van der Waals surface area (Å²) in [6.07, 6.45) is -1.28. The van der Waals surface area contributed by atoms with Crippen LogP contribution in [0, 0.1) is 0 Å². The Balaban J connectivity index is 2.39. The average Bonchev–Trinajstić information content (AvgIpc) is 3.69. The molecule has 0 bridgehead atoms. The van der Waals surface area contributed by atoms with Gasteiger partial charge in [-0.25, -0.2) is 4.79 Å². The maximum atomic E-state index is 14.0. The molecule has 0 aliphatic rings. The number of fused-ring (bicyclic) bond motifs is 1. The van der Waals surface area contributed by atoms with E-state index in [2.05, 4.69) is 46.9 Å². The van der Waals surface area contributed by atoms with Crippen molar-refractivity contribution in [3.05, 3.63) is 36.0 Å². The summed E-state index contributed by atoms with van der Waals surface area (Å²) in [5.41, 5.74) is 40.6. The molecule has 388 valence electrons. The molecular weight excluding hydrogens is 921 g/mol. The number of aromatic nitrogens is 1. The Kier molecular flexibility index (Phi) is 25.1. The number of carbonyl (C=O) groups is 9. The van der Waals surface area contributed by atoms with Gasteiger partial charge in [-0.05, 0) is 82.9 Å². The molecule has 0 saturated heterocycles. The fourth-order valence-electron chi connectivity index (χ4n) is 6.88. The number of carbonyl (C=O) groups excluding carboxylic acids is 7. The Morgan fingerprint density at radius 3 is 1.59 bits per heavy atom. The number of hydrogen-bond acceptors (Lipinski definition) is 14. The van der Waals surface area contributed by atoms with Crippen LogP contribution >= 0.6 is 0 Å². The number of aliphatic hydroxyl groups excluding tert-OH is 1. The Hall–Kier alpha value is -7.59. The van der Waals surface area contributed by atoms with E-state index in [0.29, 0.717) is 6.42 Å². The fourth-order valence-corrected chi connectivity index (χ4v) is 6.88. The smallest absolute Gasteiger partial charge is 0.326 e. The highest BCUT2D eigenvalue weighted by Crippen LogP contribution is 2.19. The molecule has 0 radical (unpaired) electrons. The van der Waals surface area contributed by atoms with Gasteiger partial charge in [-0.2, -0.15) is 0 Å². The molecule has 0 unspecified atom stereocenters. The first-order valence-electron chi connectivity index (χ1n) is 22.4. The van der Waals surface area contributed by atoms with Crippen molar-refractivity contribution in [3.8, 4) is 0 Å². The van der Waals surface area contributed by atoms with Gasteiger partial charge in [-0.1, -0.05) is 18.2 Å². The van der Waals surface area contributed by atoms with Gasteiger partial charge in [0.1, 0.15) is 36.3 Å². The van der Waals surface area contributed by atoms with Crippen LogP contribution in [0.2, 0.25) is 0 Å². The zero-order valence-corrected chi connectivity index (χ0v) is 38.9. The number of guanidine groups is 2. The highest BCUT2D eigenvalue weighted by Gasteiger charge is 2.35. The van der Waals surface area contributed by atoms with E-state index in [1.54, 1.807) is 6.20 Å². The topological polar surface area (TPSA) is 509 Å². The molecule has 2 rings (SSSR count). The zero-order valence-electron chi connectivity index (χ0n) is 38.9. The number of carboxylic acid groups (broad SMARTS) is 2. The lowest BCUT2D eigenvalue weighted by molar-refractivity contribution is -0.147. The molecule has 70 heavy (non-hydrogen) atoms. The summed E-state index contributed by atoms with van der Waals surface area (Å²) >= 11 is 0. The number of aliphatic imine (C=N–C) groups is 2. The lowest BCUT2D eigenvalue weighted by atomic mass is 10.0. The van der Waals surface area contributed by atoms with Crippen LogP contribution in [0.4, 0.5) is 0 Å². The zero-order chi connectivity index (χ0) is 52.5. The Bertz CT molecular complexity index is 2180. The summed E-state index contributed by atoms with van der Waals surface area (Å²) in [5, 5.41) is 44.6. The Labute approximate surface area is 402 Å². The first-order valence-corrected chi connectivity index (χ1v) is 22.4. The lowest BCUT2D eigenvalue weighted by Gasteiger charge is -2.28. The van der Waals surface area contributed by atoms with E-state index in [0.717, 1.165) is 23.4 Å². The third-order valence-electron chi connectivity index (χ3n) is 10.6. The van der Waals surface area contributed by atoms with Crippen LogP contribution in [0.3, 0.4) is 0 Å². The summed E-state index contributed by atoms with van der Waals surface area (Å²) in [6, 6.07) is -3.45. The van der Waals surface area contributed by atoms with Gasteiger partial charge in [0.2, 0.25) is 41.4 Å². The van der Waals surface area contributed by atoms with Crippen LogP contribution in [0.15, 0.2) is 40.4 Å². The number of nitrogens with two attached hydrogens (primary N) is 7. The number of carboxylic acids is 2. The molecular formula is C42H68N16O12. The van der Waals surface area contributed by atoms with Gasteiger partial charge in [0.05, 0.1) is 18.6 Å². The van der Waals surface area contributed by atoms with Gasteiger partial charge in [-0.15, -0.1) is 0 Å². The number of nitrogens with one attached hydrogen (secondary N) is 7. The van der Waals surface area contributed by atoms with E-state index in [9.17, 15) is 53.4 Å². The Morgan fingerprint density at radius 2 is 1.10 bits per heavy atom. The number of amides is 7. The maximum Gasteiger partial charge on any atom is 0.326 e. The molecule has 0 aliphatic heterocycles. The van der Waals surface area contributed by atoms with Gasteiger partial charge < -0.3 is 92.3 Å².